The second kappa shape index (κ2) is 9.92. The van der Waals surface area contributed by atoms with Gasteiger partial charge in [-0.15, -0.1) is 0 Å². The van der Waals surface area contributed by atoms with Crippen LogP contribution in [0.2, 0.25) is 0 Å². The Kier molecular flexibility index (Phi) is 7.94. The molecule has 0 spiro atoms. The summed E-state index contributed by atoms with van der Waals surface area (Å²) in [6, 6.07) is 17.8. The predicted molar refractivity (Wildman–Crippen MR) is 89.7 cm³/mol. The van der Waals surface area contributed by atoms with Crippen molar-refractivity contribution in [2.75, 3.05) is 0 Å². The summed E-state index contributed by atoms with van der Waals surface area (Å²) >= 11 is 0. The lowest BCUT2D eigenvalue weighted by atomic mass is 10.2. The molecule has 0 unspecified atom stereocenters. The zero-order valence-corrected chi connectivity index (χ0v) is 13.6. The quantitative estimate of drug-likeness (QED) is 0.479. The summed E-state index contributed by atoms with van der Waals surface area (Å²) in [7, 11) is 0. The Morgan fingerprint density at radius 1 is 1.08 bits per heavy atom. The van der Waals surface area contributed by atoms with Crippen LogP contribution in [-0.4, -0.2) is 23.2 Å². The van der Waals surface area contributed by atoms with Gasteiger partial charge in [0, 0.05) is 6.54 Å². The molecule has 0 aliphatic carbocycles. The number of hydrogen-bond donors (Lipinski definition) is 4. The van der Waals surface area contributed by atoms with Gasteiger partial charge in [0.25, 0.3) is 0 Å². The van der Waals surface area contributed by atoms with Crippen molar-refractivity contribution >= 4 is 11.9 Å². The molecule has 0 radical (unpaired) electrons. The Bertz CT molecular complexity index is 705. The molecule has 0 amide bonds. The fraction of sp³-hybridized carbons (Fsp3) is 0.176. The van der Waals surface area contributed by atoms with Crippen molar-refractivity contribution in [3.8, 4) is 5.75 Å². The van der Waals surface area contributed by atoms with Crippen LogP contribution in [0.25, 0.3) is 0 Å². The first-order chi connectivity index (χ1) is 12.2. The van der Waals surface area contributed by atoms with E-state index in [-0.39, 0.29) is 5.96 Å². The lowest BCUT2D eigenvalue weighted by molar-refractivity contribution is -0.192. The van der Waals surface area contributed by atoms with E-state index in [4.69, 9.17) is 25.8 Å². The molecule has 0 atom stereocenters. The first-order valence-corrected chi connectivity index (χ1v) is 7.32. The van der Waals surface area contributed by atoms with E-state index in [9.17, 15) is 13.2 Å². The second-order valence-corrected chi connectivity index (χ2v) is 4.99. The maximum atomic E-state index is 10.6. The summed E-state index contributed by atoms with van der Waals surface area (Å²) in [6.45, 7) is 1.11. The minimum atomic E-state index is -5.08. The number of ether oxygens (including phenoxy) is 1. The van der Waals surface area contributed by atoms with Gasteiger partial charge in [-0.1, -0.05) is 42.5 Å². The number of alkyl halides is 3. The number of nitrogens with one attached hydrogen (secondary N) is 2. The third kappa shape index (κ3) is 8.57. The summed E-state index contributed by atoms with van der Waals surface area (Å²) in [6.07, 6.45) is -5.08. The molecule has 2 aromatic rings. The van der Waals surface area contributed by atoms with Crippen LogP contribution in [0.15, 0.2) is 54.6 Å². The number of nitrogens with two attached hydrogens (primary N) is 1. The molecule has 0 aromatic heterocycles. The molecule has 9 heteroatoms. The van der Waals surface area contributed by atoms with Gasteiger partial charge in [-0.05, 0) is 23.3 Å². The van der Waals surface area contributed by atoms with Crippen molar-refractivity contribution < 1.29 is 27.8 Å². The van der Waals surface area contributed by atoms with Gasteiger partial charge in [0.1, 0.15) is 12.4 Å². The predicted octanol–water partition coefficient (Wildman–Crippen LogP) is 2.88. The van der Waals surface area contributed by atoms with E-state index in [0.717, 1.165) is 16.9 Å². The highest BCUT2D eigenvalue weighted by molar-refractivity contribution is 5.74. The van der Waals surface area contributed by atoms with E-state index in [1.54, 1.807) is 0 Å². The number of halogens is 3. The number of benzene rings is 2. The molecule has 2 aromatic carbocycles. The third-order valence-corrected chi connectivity index (χ3v) is 2.90. The van der Waals surface area contributed by atoms with Crippen molar-refractivity contribution in [2.45, 2.75) is 19.3 Å². The molecule has 2 rings (SSSR count). The maximum Gasteiger partial charge on any atom is 0.490 e. The summed E-state index contributed by atoms with van der Waals surface area (Å²) in [5.74, 6) is -1.95. The number of carboxylic acids is 1. The monoisotopic (exact) mass is 369 g/mol. The molecule has 0 saturated heterocycles. The van der Waals surface area contributed by atoms with E-state index in [0.29, 0.717) is 13.2 Å². The summed E-state index contributed by atoms with van der Waals surface area (Å²) in [4.78, 5) is 8.90. The maximum absolute atomic E-state index is 10.6. The molecule has 140 valence electrons. The summed E-state index contributed by atoms with van der Waals surface area (Å²) < 4.78 is 37.4. The van der Waals surface area contributed by atoms with Gasteiger partial charge in [-0.25, -0.2) is 4.79 Å². The molecule has 0 bridgehead atoms. The van der Waals surface area contributed by atoms with Crippen molar-refractivity contribution in [1.82, 2.24) is 5.32 Å². The highest BCUT2D eigenvalue weighted by Gasteiger charge is 2.38. The van der Waals surface area contributed by atoms with Gasteiger partial charge < -0.3 is 20.9 Å². The van der Waals surface area contributed by atoms with Crippen LogP contribution in [0.3, 0.4) is 0 Å². The lowest BCUT2D eigenvalue weighted by Gasteiger charge is -2.08. The van der Waals surface area contributed by atoms with Gasteiger partial charge in [0.2, 0.25) is 0 Å². The van der Waals surface area contributed by atoms with Gasteiger partial charge in [0.05, 0.1) is 0 Å². The smallest absolute Gasteiger partial charge is 0.489 e. The zero-order chi connectivity index (χ0) is 19.6. The first-order valence-electron chi connectivity index (χ1n) is 7.32. The number of carbonyl (C=O) groups is 1. The fourth-order valence-electron chi connectivity index (χ4n) is 1.64. The molecule has 0 aliphatic rings. The number of aliphatic carboxylic acids is 1. The van der Waals surface area contributed by atoms with Crippen molar-refractivity contribution in [2.24, 2.45) is 5.73 Å². The van der Waals surface area contributed by atoms with Crippen LogP contribution in [0.4, 0.5) is 13.2 Å². The molecule has 26 heavy (non-hydrogen) atoms. The Hall–Kier alpha value is -3.23. The van der Waals surface area contributed by atoms with Crippen LogP contribution < -0.4 is 15.8 Å². The van der Waals surface area contributed by atoms with E-state index < -0.39 is 12.1 Å². The van der Waals surface area contributed by atoms with Crippen LogP contribution in [0.1, 0.15) is 11.1 Å². The topological polar surface area (TPSA) is 108 Å². The van der Waals surface area contributed by atoms with Crippen LogP contribution in [-0.2, 0) is 17.9 Å². The lowest BCUT2D eigenvalue weighted by Crippen LogP contribution is -2.29. The van der Waals surface area contributed by atoms with Crippen LogP contribution >= 0.6 is 0 Å². The van der Waals surface area contributed by atoms with Gasteiger partial charge in [-0.3, -0.25) is 5.41 Å². The van der Waals surface area contributed by atoms with Crippen molar-refractivity contribution in [1.29, 1.82) is 5.41 Å². The average Bonchev–Trinajstić information content (AvgIpc) is 2.59. The van der Waals surface area contributed by atoms with E-state index in [1.807, 2.05) is 54.6 Å². The molecule has 0 aliphatic heterocycles. The van der Waals surface area contributed by atoms with E-state index in [1.165, 1.54) is 0 Å². The Balaban J connectivity index is 0.000000412. The minimum Gasteiger partial charge on any atom is -0.489 e. The van der Waals surface area contributed by atoms with Crippen molar-refractivity contribution in [3.63, 3.8) is 0 Å². The molecule has 0 saturated carbocycles. The Morgan fingerprint density at radius 3 is 2.08 bits per heavy atom. The molecule has 0 fully saturated rings. The fourth-order valence-corrected chi connectivity index (χ4v) is 1.64. The normalized spacial score (nSPS) is 10.3. The van der Waals surface area contributed by atoms with Crippen molar-refractivity contribution in [3.05, 3.63) is 65.7 Å². The largest absolute Gasteiger partial charge is 0.490 e. The number of guanidine groups is 1. The zero-order valence-electron chi connectivity index (χ0n) is 13.6. The average molecular weight is 369 g/mol. The molecular formula is C17H18F3N3O3. The highest BCUT2D eigenvalue weighted by atomic mass is 19.4. The molecule has 0 heterocycles. The Labute approximate surface area is 147 Å². The molecule has 6 nitrogen and oxygen atoms in total. The highest BCUT2D eigenvalue weighted by Crippen LogP contribution is 2.14. The second-order valence-electron chi connectivity index (χ2n) is 4.99. The Morgan fingerprint density at radius 2 is 1.62 bits per heavy atom. The SMILES string of the molecule is N=C(N)NCc1ccc(OCc2ccccc2)cc1.O=C(O)C(F)(F)F. The van der Waals surface area contributed by atoms with E-state index >= 15 is 0 Å². The minimum absolute atomic E-state index is 0.0237. The summed E-state index contributed by atoms with van der Waals surface area (Å²) in [5, 5.41) is 17.0. The third-order valence-electron chi connectivity index (χ3n) is 2.90. The van der Waals surface area contributed by atoms with Crippen LogP contribution in [0, 0.1) is 5.41 Å². The summed E-state index contributed by atoms with van der Waals surface area (Å²) in [5.41, 5.74) is 7.43. The van der Waals surface area contributed by atoms with Gasteiger partial charge >= 0.3 is 12.1 Å². The number of rotatable bonds is 5. The standard InChI is InChI=1S/C15H17N3O.C2HF3O2/c16-15(17)18-10-12-6-8-14(9-7-12)19-11-13-4-2-1-3-5-13;3-2(4,5)1(6)7/h1-9H,10-11H2,(H4,16,17,18);(H,6,7). The molecule has 5 N–H and O–H groups in total. The van der Waals surface area contributed by atoms with Crippen LogP contribution in [0.5, 0.6) is 5.75 Å². The first kappa shape index (κ1) is 20.8. The molecular weight excluding hydrogens is 351 g/mol. The number of hydrogen-bond acceptors (Lipinski definition) is 3. The van der Waals surface area contributed by atoms with E-state index in [2.05, 4.69) is 5.32 Å². The van der Waals surface area contributed by atoms with Gasteiger partial charge in [-0.2, -0.15) is 13.2 Å². The van der Waals surface area contributed by atoms with Gasteiger partial charge in [0.15, 0.2) is 5.96 Å². The number of carboxylic acid groups (broad SMARTS) is 1.